The van der Waals surface area contributed by atoms with Crippen LogP contribution in [-0.4, -0.2) is 31.8 Å². The number of nitrogens with zero attached hydrogens (tertiary/aromatic N) is 5. The lowest BCUT2D eigenvalue weighted by molar-refractivity contribution is -0.117. The molecule has 8 nitrogen and oxygen atoms in total. The molecule has 140 valence electrons. The van der Waals surface area contributed by atoms with Crippen molar-refractivity contribution in [2.45, 2.75) is 26.3 Å². The second-order valence-corrected chi connectivity index (χ2v) is 7.05. The first-order chi connectivity index (χ1) is 12.9. The van der Waals surface area contributed by atoms with Crippen molar-refractivity contribution in [2.24, 2.45) is 19.8 Å². The van der Waals surface area contributed by atoms with Crippen LogP contribution in [0.2, 0.25) is 0 Å². The highest BCUT2D eigenvalue weighted by Gasteiger charge is 2.24. The second-order valence-electron chi connectivity index (χ2n) is 7.05. The van der Waals surface area contributed by atoms with Crippen molar-refractivity contribution in [3.63, 3.8) is 0 Å². The van der Waals surface area contributed by atoms with E-state index in [9.17, 15) is 9.59 Å². The van der Waals surface area contributed by atoms with E-state index in [2.05, 4.69) is 16.1 Å². The minimum absolute atomic E-state index is 0.105. The summed E-state index contributed by atoms with van der Waals surface area (Å²) in [5.74, 6) is 0.307. The van der Waals surface area contributed by atoms with E-state index in [0.717, 1.165) is 23.2 Å². The van der Waals surface area contributed by atoms with Crippen molar-refractivity contribution in [2.75, 3.05) is 11.4 Å². The lowest BCUT2D eigenvalue weighted by Crippen LogP contribution is -2.36. The molecule has 0 fully saturated rings. The molecular formula is C19H22N6O2. The van der Waals surface area contributed by atoms with Crippen LogP contribution in [0.1, 0.15) is 22.4 Å². The Hall–Kier alpha value is -3.16. The zero-order valence-electron chi connectivity index (χ0n) is 15.7. The quantitative estimate of drug-likeness (QED) is 0.730. The van der Waals surface area contributed by atoms with E-state index in [-0.39, 0.29) is 17.9 Å². The first kappa shape index (κ1) is 17.3. The first-order valence-corrected chi connectivity index (χ1v) is 8.90. The van der Waals surface area contributed by atoms with E-state index in [1.54, 1.807) is 23.3 Å². The Labute approximate surface area is 156 Å². The number of aromatic nitrogens is 4. The van der Waals surface area contributed by atoms with Gasteiger partial charge in [-0.1, -0.05) is 18.2 Å². The van der Waals surface area contributed by atoms with Crippen LogP contribution < -0.4 is 16.2 Å². The van der Waals surface area contributed by atoms with Gasteiger partial charge < -0.3 is 10.6 Å². The highest BCUT2D eigenvalue weighted by molar-refractivity contribution is 5.78. The molecular weight excluding hydrogens is 344 g/mol. The van der Waals surface area contributed by atoms with Gasteiger partial charge in [0, 0.05) is 27.2 Å². The van der Waals surface area contributed by atoms with E-state index in [4.69, 9.17) is 10.7 Å². The lowest BCUT2D eigenvalue weighted by atomic mass is 9.93. The van der Waals surface area contributed by atoms with Gasteiger partial charge in [-0.3, -0.25) is 18.8 Å². The normalized spacial score (nSPS) is 13.8. The molecule has 0 aliphatic carbocycles. The van der Waals surface area contributed by atoms with Gasteiger partial charge in [0.15, 0.2) is 5.52 Å². The van der Waals surface area contributed by atoms with Crippen molar-refractivity contribution < 1.29 is 4.79 Å². The van der Waals surface area contributed by atoms with Crippen LogP contribution in [0.5, 0.6) is 0 Å². The number of nitrogens with two attached hydrogens (primary N) is 1. The van der Waals surface area contributed by atoms with E-state index in [0.29, 0.717) is 30.1 Å². The highest BCUT2D eigenvalue weighted by Crippen LogP contribution is 2.26. The fourth-order valence-corrected chi connectivity index (χ4v) is 3.94. The number of primary amides is 1. The molecule has 8 heteroatoms. The van der Waals surface area contributed by atoms with Gasteiger partial charge in [0.2, 0.25) is 11.9 Å². The molecule has 1 aliphatic rings. The molecule has 1 amide bonds. The Bertz CT molecular complexity index is 1130. The van der Waals surface area contributed by atoms with Crippen molar-refractivity contribution in [1.29, 1.82) is 0 Å². The maximum absolute atomic E-state index is 12.8. The molecule has 2 aromatic heterocycles. The van der Waals surface area contributed by atoms with E-state index >= 15 is 0 Å². The van der Waals surface area contributed by atoms with Gasteiger partial charge in [-0.05, 0) is 30.0 Å². The van der Waals surface area contributed by atoms with Crippen molar-refractivity contribution in [3.05, 3.63) is 50.9 Å². The van der Waals surface area contributed by atoms with Crippen molar-refractivity contribution in [1.82, 2.24) is 19.3 Å². The molecule has 1 aromatic carbocycles. The van der Waals surface area contributed by atoms with Crippen LogP contribution >= 0.6 is 0 Å². The topological polar surface area (TPSA) is 99.0 Å². The second kappa shape index (κ2) is 6.22. The van der Waals surface area contributed by atoms with Crippen LogP contribution in [0.4, 0.5) is 5.95 Å². The van der Waals surface area contributed by atoms with Gasteiger partial charge >= 0.3 is 0 Å². The summed E-state index contributed by atoms with van der Waals surface area (Å²) in [4.78, 5) is 31.0. The zero-order chi connectivity index (χ0) is 19.3. The van der Waals surface area contributed by atoms with Gasteiger partial charge in [-0.25, -0.2) is 4.98 Å². The molecule has 2 N–H and O–H groups in total. The van der Waals surface area contributed by atoms with Crippen LogP contribution in [0, 0.1) is 6.92 Å². The van der Waals surface area contributed by atoms with Crippen LogP contribution in [0.15, 0.2) is 23.0 Å². The average Bonchev–Trinajstić information content (AvgIpc) is 2.91. The Balaban J connectivity index is 1.77. The number of anilines is 1. The van der Waals surface area contributed by atoms with Gasteiger partial charge in [0.05, 0.1) is 12.1 Å². The lowest BCUT2D eigenvalue weighted by Gasteiger charge is -2.31. The molecule has 0 radical (unpaired) electrons. The number of carbonyl (C=O) groups is 1. The molecule has 3 aromatic rings. The predicted molar refractivity (Wildman–Crippen MR) is 103 cm³/mol. The largest absolute Gasteiger partial charge is 0.369 e. The summed E-state index contributed by atoms with van der Waals surface area (Å²) in [6.45, 7) is 3.21. The summed E-state index contributed by atoms with van der Waals surface area (Å²) in [6.07, 6.45) is 1.03. The minimum atomic E-state index is -0.326. The summed E-state index contributed by atoms with van der Waals surface area (Å²) in [5.41, 5.74) is 10.5. The van der Waals surface area contributed by atoms with Crippen molar-refractivity contribution in [3.8, 4) is 0 Å². The maximum atomic E-state index is 12.8. The highest BCUT2D eigenvalue weighted by atomic mass is 16.1. The number of aryl methyl sites for hydroxylation is 2. The van der Waals surface area contributed by atoms with Crippen molar-refractivity contribution >= 4 is 22.9 Å². The molecule has 0 spiro atoms. The Morgan fingerprint density at radius 1 is 1.30 bits per heavy atom. The zero-order valence-corrected chi connectivity index (χ0v) is 15.7. The molecule has 27 heavy (non-hydrogen) atoms. The fourth-order valence-electron chi connectivity index (χ4n) is 3.94. The standard InChI is InChI=1S/C19H22N6O2/c1-11-16-17(24(3)22-11)18(27)23(2)19(21-16)25-8-7-14-12(9-15(20)26)5-4-6-13(14)10-25/h4-6H,7-10H2,1-3H3,(H2,20,26). The number of hydrogen-bond donors (Lipinski definition) is 1. The van der Waals surface area contributed by atoms with Crippen LogP contribution in [-0.2, 0) is 38.3 Å². The van der Waals surface area contributed by atoms with Gasteiger partial charge in [0.1, 0.15) is 5.52 Å². The molecule has 0 bridgehead atoms. The number of benzene rings is 1. The van der Waals surface area contributed by atoms with Gasteiger partial charge in [-0.15, -0.1) is 0 Å². The minimum Gasteiger partial charge on any atom is -0.369 e. The van der Waals surface area contributed by atoms with E-state index < -0.39 is 0 Å². The van der Waals surface area contributed by atoms with E-state index in [1.807, 2.05) is 19.1 Å². The average molecular weight is 366 g/mol. The number of carbonyl (C=O) groups excluding carboxylic acids is 1. The maximum Gasteiger partial charge on any atom is 0.280 e. The summed E-state index contributed by atoms with van der Waals surface area (Å²) in [7, 11) is 3.50. The SMILES string of the molecule is Cc1nn(C)c2c(=O)n(C)c(N3CCc4c(CC(N)=O)cccc4C3)nc12. The molecule has 0 atom stereocenters. The molecule has 0 saturated heterocycles. The molecule has 0 unspecified atom stereocenters. The number of fused-ring (bicyclic) bond motifs is 2. The monoisotopic (exact) mass is 366 g/mol. The summed E-state index contributed by atoms with van der Waals surface area (Å²) < 4.78 is 3.17. The fraction of sp³-hybridized carbons (Fsp3) is 0.368. The van der Waals surface area contributed by atoms with Crippen LogP contribution in [0.3, 0.4) is 0 Å². The number of hydrogen-bond acceptors (Lipinski definition) is 5. The summed E-state index contributed by atoms with van der Waals surface area (Å²) in [5, 5.41) is 4.33. The number of rotatable bonds is 3. The van der Waals surface area contributed by atoms with Gasteiger partial charge in [0.25, 0.3) is 5.56 Å². The third-order valence-electron chi connectivity index (χ3n) is 5.22. The summed E-state index contributed by atoms with van der Waals surface area (Å²) >= 11 is 0. The molecule has 3 heterocycles. The number of amides is 1. The van der Waals surface area contributed by atoms with Gasteiger partial charge in [-0.2, -0.15) is 5.10 Å². The smallest absolute Gasteiger partial charge is 0.280 e. The molecule has 0 saturated carbocycles. The third kappa shape index (κ3) is 2.77. The van der Waals surface area contributed by atoms with E-state index in [1.165, 1.54) is 5.56 Å². The Morgan fingerprint density at radius 2 is 2.07 bits per heavy atom. The summed E-state index contributed by atoms with van der Waals surface area (Å²) in [6, 6.07) is 5.96. The first-order valence-electron chi connectivity index (χ1n) is 8.90. The molecule has 4 rings (SSSR count). The predicted octanol–water partition coefficient (Wildman–Crippen LogP) is 0.566. The third-order valence-corrected chi connectivity index (χ3v) is 5.22. The Morgan fingerprint density at radius 3 is 2.81 bits per heavy atom. The Kier molecular flexibility index (Phi) is 3.98. The van der Waals surface area contributed by atoms with Crippen LogP contribution in [0.25, 0.3) is 11.0 Å². The molecule has 1 aliphatic heterocycles.